The van der Waals surface area contributed by atoms with E-state index in [4.69, 9.17) is 0 Å². The molecule has 3 heterocycles. The fourth-order valence-corrected chi connectivity index (χ4v) is 3.73. The molecule has 5 nitrogen and oxygen atoms in total. The molecule has 1 fully saturated rings. The standard InChI is InChI=1S/C18H22FN5/c1-12-6-13-8-21-24(14-9-20-23(3)10-14)18(13)7-16(12)15-4-5-22(2)11-17(15)19/h6-10,15,17H,4-5,11H2,1-3H3/t15-,17-/m1/s1. The molecule has 4 rings (SSSR count). The second kappa shape index (κ2) is 5.70. The van der Waals surface area contributed by atoms with Crippen molar-refractivity contribution in [1.29, 1.82) is 0 Å². The van der Waals surface area contributed by atoms with Gasteiger partial charge in [-0.05, 0) is 50.2 Å². The number of aryl methyl sites for hydroxylation is 2. The molecule has 0 saturated carbocycles. The van der Waals surface area contributed by atoms with Crippen LogP contribution in [0.15, 0.2) is 30.7 Å². The molecule has 1 saturated heterocycles. The molecule has 0 amide bonds. The number of aromatic nitrogens is 4. The molecule has 0 spiro atoms. The Labute approximate surface area is 140 Å². The summed E-state index contributed by atoms with van der Waals surface area (Å²) < 4.78 is 18.3. The molecule has 126 valence electrons. The predicted molar refractivity (Wildman–Crippen MR) is 92.3 cm³/mol. The third-order valence-electron chi connectivity index (χ3n) is 5.04. The van der Waals surface area contributed by atoms with E-state index in [9.17, 15) is 4.39 Å². The first-order valence-corrected chi connectivity index (χ1v) is 8.33. The van der Waals surface area contributed by atoms with Crippen LogP contribution in [0.5, 0.6) is 0 Å². The first-order chi connectivity index (χ1) is 11.5. The molecule has 0 radical (unpaired) electrons. The van der Waals surface area contributed by atoms with Crippen LogP contribution in [0.2, 0.25) is 0 Å². The van der Waals surface area contributed by atoms with E-state index >= 15 is 0 Å². The number of alkyl halides is 1. The Kier molecular flexibility index (Phi) is 3.64. The van der Waals surface area contributed by atoms with E-state index in [0.717, 1.165) is 40.7 Å². The largest absolute Gasteiger partial charge is 0.303 e. The van der Waals surface area contributed by atoms with Gasteiger partial charge < -0.3 is 4.90 Å². The van der Waals surface area contributed by atoms with Crippen molar-refractivity contribution in [2.45, 2.75) is 25.4 Å². The topological polar surface area (TPSA) is 38.9 Å². The van der Waals surface area contributed by atoms with Crippen LogP contribution in [-0.4, -0.2) is 50.8 Å². The molecule has 2 atom stereocenters. The fourth-order valence-electron chi connectivity index (χ4n) is 3.73. The summed E-state index contributed by atoms with van der Waals surface area (Å²) >= 11 is 0. The van der Waals surface area contributed by atoms with Gasteiger partial charge in [0.05, 0.1) is 24.1 Å². The molecule has 0 aliphatic carbocycles. The summed E-state index contributed by atoms with van der Waals surface area (Å²) in [6, 6.07) is 4.24. The molecule has 6 heteroatoms. The summed E-state index contributed by atoms with van der Waals surface area (Å²) in [5.74, 6) is -0.0390. The van der Waals surface area contributed by atoms with Crippen molar-refractivity contribution in [3.05, 3.63) is 41.9 Å². The molecule has 24 heavy (non-hydrogen) atoms. The van der Waals surface area contributed by atoms with E-state index in [1.165, 1.54) is 0 Å². The molecule has 1 aliphatic rings. The van der Waals surface area contributed by atoms with Crippen molar-refractivity contribution in [2.24, 2.45) is 7.05 Å². The Morgan fingerprint density at radius 2 is 2.00 bits per heavy atom. The maximum Gasteiger partial charge on any atom is 0.120 e. The highest BCUT2D eigenvalue weighted by Crippen LogP contribution is 2.34. The molecule has 0 bridgehead atoms. The Bertz CT molecular complexity index is 881. The van der Waals surface area contributed by atoms with Crippen molar-refractivity contribution < 1.29 is 4.39 Å². The summed E-state index contributed by atoms with van der Waals surface area (Å²) in [6.07, 6.45) is 5.61. The first kappa shape index (κ1) is 15.3. The molecule has 1 aromatic carbocycles. The minimum Gasteiger partial charge on any atom is -0.303 e. The number of hydrogen-bond donors (Lipinski definition) is 0. The lowest BCUT2D eigenvalue weighted by Crippen LogP contribution is -2.38. The lowest BCUT2D eigenvalue weighted by Gasteiger charge is -2.33. The average molecular weight is 327 g/mol. The Hall–Kier alpha value is -2.21. The SMILES string of the molecule is Cc1cc2cnn(-c3cnn(C)c3)c2cc1[C@H]1CCN(C)C[C@H]1F. The van der Waals surface area contributed by atoms with Gasteiger partial charge in [0, 0.05) is 24.9 Å². The van der Waals surface area contributed by atoms with Gasteiger partial charge in [-0.2, -0.15) is 10.2 Å². The lowest BCUT2D eigenvalue weighted by molar-refractivity contribution is 0.139. The van der Waals surface area contributed by atoms with Gasteiger partial charge in [-0.25, -0.2) is 9.07 Å². The van der Waals surface area contributed by atoms with Crippen molar-refractivity contribution >= 4 is 10.9 Å². The Morgan fingerprint density at radius 1 is 1.17 bits per heavy atom. The van der Waals surface area contributed by atoms with E-state index in [0.29, 0.717) is 6.54 Å². The summed E-state index contributed by atoms with van der Waals surface area (Å²) in [5, 5.41) is 9.79. The third kappa shape index (κ3) is 2.51. The second-order valence-electron chi connectivity index (χ2n) is 6.87. The summed E-state index contributed by atoms with van der Waals surface area (Å²) in [7, 11) is 3.87. The number of nitrogens with zero attached hydrogens (tertiary/aromatic N) is 5. The minimum atomic E-state index is -0.824. The molecule has 1 aliphatic heterocycles. The van der Waals surface area contributed by atoms with Crippen molar-refractivity contribution in [1.82, 2.24) is 24.5 Å². The van der Waals surface area contributed by atoms with Crippen LogP contribution in [-0.2, 0) is 7.05 Å². The highest BCUT2D eigenvalue weighted by atomic mass is 19.1. The van der Waals surface area contributed by atoms with E-state index in [1.54, 1.807) is 10.9 Å². The zero-order chi connectivity index (χ0) is 16.8. The molecule has 2 aromatic heterocycles. The minimum absolute atomic E-state index is 0.0390. The number of fused-ring (bicyclic) bond motifs is 1. The zero-order valence-corrected chi connectivity index (χ0v) is 14.3. The van der Waals surface area contributed by atoms with Gasteiger partial charge in [-0.1, -0.05) is 0 Å². The molecule has 0 N–H and O–H groups in total. The van der Waals surface area contributed by atoms with E-state index in [2.05, 4.69) is 34.2 Å². The maximum absolute atomic E-state index is 14.6. The van der Waals surface area contributed by atoms with Gasteiger partial charge in [0.1, 0.15) is 11.9 Å². The summed E-state index contributed by atoms with van der Waals surface area (Å²) in [4.78, 5) is 2.06. The fraction of sp³-hybridized carbons (Fsp3) is 0.444. The van der Waals surface area contributed by atoms with Crippen LogP contribution in [0.25, 0.3) is 16.6 Å². The van der Waals surface area contributed by atoms with Gasteiger partial charge in [0.2, 0.25) is 0 Å². The van der Waals surface area contributed by atoms with Crippen molar-refractivity contribution in [3.8, 4) is 5.69 Å². The van der Waals surface area contributed by atoms with Gasteiger partial charge >= 0.3 is 0 Å². The highest BCUT2D eigenvalue weighted by Gasteiger charge is 2.30. The number of likely N-dealkylation sites (tertiary alicyclic amines) is 1. The van der Waals surface area contributed by atoms with Crippen molar-refractivity contribution in [3.63, 3.8) is 0 Å². The van der Waals surface area contributed by atoms with E-state index in [1.807, 2.05) is 31.2 Å². The first-order valence-electron chi connectivity index (χ1n) is 8.33. The smallest absolute Gasteiger partial charge is 0.120 e. The molecule has 3 aromatic rings. The number of hydrogen-bond acceptors (Lipinski definition) is 3. The average Bonchev–Trinajstić information content (AvgIpc) is 3.12. The van der Waals surface area contributed by atoms with Crippen LogP contribution in [0, 0.1) is 6.92 Å². The predicted octanol–water partition coefficient (Wildman–Crippen LogP) is 2.82. The van der Waals surface area contributed by atoms with E-state index in [-0.39, 0.29) is 5.92 Å². The zero-order valence-electron chi connectivity index (χ0n) is 14.3. The Balaban J connectivity index is 1.80. The molecule has 0 unspecified atom stereocenters. The summed E-state index contributed by atoms with van der Waals surface area (Å²) in [5.41, 5.74) is 4.18. The highest BCUT2D eigenvalue weighted by molar-refractivity contribution is 5.82. The quantitative estimate of drug-likeness (QED) is 0.726. The van der Waals surface area contributed by atoms with Crippen LogP contribution in [0.4, 0.5) is 4.39 Å². The van der Waals surface area contributed by atoms with Crippen LogP contribution < -0.4 is 0 Å². The van der Waals surface area contributed by atoms with Gasteiger partial charge in [0.15, 0.2) is 0 Å². The van der Waals surface area contributed by atoms with Crippen LogP contribution >= 0.6 is 0 Å². The van der Waals surface area contributed by atoms with Gasteiger partial charge in [-0.3, -0.25) is 4.68 Å². The van der Waals surface area contributed by atoms with Crippen LogP contribution in [0.3, 0.4) is 0 Å². The lowest BCUT2D eigenvalue weighted by atomic mass is 9.85. The second-order valence-corrected chi connectivity index (χ2v) is 6.87. The van der Waals surface area contributed by atoms with Gasteiger partial charge in [0.25, 0.3) is 0 Å². The number of benzene rings is 1. The Morgan fingerprint density at radius 3 is 2.71 bits per heavy atom. The normalized spacial score (nSPS) is 22.3. The summed E-state index contributed by atoms with van der Waals surface area (Å²) in [6.45, 7) is 3.51. The van der Waals surface area contributed by atoms with Crippen molar-refractivity contribution in [2.75, 3.05) is 20.1 Å². The van der Waals surface area contributed by atoms with Crippen LogP contribution in [0.1, 0.15) is 23.5 Å². The number of rotatable bonds is 2. The molecular formula is C18H22FN5. The molecular weight excluding hydrogens is 305 g/mol. The third-order valence-corrected chi connectivity index (χ3v) is 5.04. The number of halogens is 1. The van der Waals surface area contributed by atoms with E-state index < -0.39 is 6.17 Å². The number of piperidine rings is 1. The monoisotopic (exact) mass is 327 g/mol. The van der Waals surface area contributed by atoms with Gasteiger partial charge in [-0.15, -0.1) is 0 Å². The maximum atomic E-state index is 14.6.